The van der Waals surface area contributed by atoms with Crippen LogP contribution in [0.4, 0.5) is 0 Å². The van der Waals surface area contributed by atoms with E-state index in [1.807, 2.05) is 24.3 Å². The maximum Gasteiger partial charge on any atom is 0.264 e. The molecule has 0 aromatic heterocycles. The number of methoxy groups -OCH3 is 1. The monoisotopic (exact) mass is 322 g/mol. The lowest BCUT2D eigenvalue weighted by Crippen LogP contribution is -2.03. The van der Waals surface area contributed by atoms with Crippen LogP contribution < -0.4 is 9.47 Å². The molecule has 0 fully saturated rings. The van der Waals surface area contributed by atoms with Crippen molar-refractivity contribution in [1.82, 2.24) is 0 Å². The molecule has 118 valence electrons. The topological polar surface area (TPSA) is 61.8 Å². The van der Waals surface area contributed by atoms with Gasteiger partial charge in [-0.2, -0.15) is 8.42 Å². The zero-order valence-corrected chi connectivity index (χ0v) is 13.3. The van der Waals surface area contributed by atoms with Gasteiger partial charge in [0.2, 0.25) is 0 Å². The molecule has 0 bridgehead atoms. The van der Waals surface area contributed by atoms with E-state index in [0.717, 1.165) is 23.1 Å². The molecule has 2 aromatic rings. The van der Waals surface area contributed by atoms with Crippen LogP contribution in [0.25, 0.3) is 0 Å². The molecule has 0 aliphatic carbocycles. The Morgan fingerprint density at radius 2 is 1.77 bits per heavy atom. The molecule has 0 saturated carbocycles. The van der Waals surface area contributed by atoms with E-state index in [2.05, 4.69) is 0 Å². The molecular formula is C16H18O5S. The van der Waals surface area contributed by atoms with Crippen LogP contribution in [-0.4, -0.2) is 21.8 Å². The molecule has 0 radical (unpaired) electrons. The summed E-state index contributed by atoms with van der Waals surface area (Å²) in [6.45, 7) is 0.352. The third kappa shape index (κ3) is 5.05. The first-order valence-electron chi connectivity index (χ1n) is 6.66. The normalized spacial score (nSPS) is 11.2. The van der Waals surface area contributed by atoms with Crippen molar-refractivity contribution < 1.29 is 22.1 Å². The van der Waals surface area contributed by atoms with Crippen molar-refractivity contribution in [3.63, 3.8) is 0 Å². The Kier molecular flexibility index (Phi) is 5.41. The second kappa shape index (κ2) is 7.29. The number of para-hydroxylation sites is 1. The predicted molar refractivity (Wildman–Crippen MR) is 83.4 cm³/mol. The fourth-order valence-electron chi connectivity index (χ4n) is 1.88. The first-order chi connectivity index (χ1) is 10.5. The van der Waals surface area contributed by atoms with E-state index >= 15 is 0 Å². The molecule has 0 heterocycles. The summed E-state index contributed by atoms with van der Waals surface area (Å²) in [5, 5.41) is 0. The van der Waals surface area contributed by atoms with E-state index in [4.69, 9.17) is 13.7 Å². The van der Waals surface area contributed by atoms with Gasteiger partial charge in [-0.1, -0.05) is 30.3 Å². The first kappa shape index (κ1) is 16.3. The molecule has 6 heteroatoms. The molecular weight excluding hydrogens is 304 g/mol. The van der Waals surface area contributed by atoms with E-state index in [1.165, 1.54) is 0 Å². The fourth-order valence-corrected chi connectivity index (χ4v) is 2.23. The second-order valence-electron chi connectivity index (χ2n) is 4.71. The average Bonchev–Trinajstić information content (AvgIpc) is 2.51. The highest BCUT2D eigenvalue weighted by Crippen LogP contribution is 2.21. The lowest BCUT2D eigenvalue weighted by atomic mass is 10.2. The second-order valence-corrected chi connectivity index (χ2v) is 6.36. The van der Waals surface area contributed by atoms with Gasteiger partial charge in [-0.15, -0.1) is 0 Å². The van der Waals surface area contributed by atoms with E-state index in [9.17, 15) is 8.42 Å². The summed E-state index contributed by atoms with van der Waals surface area (Å²) in [6, 6.07) is 14.7. The number of hydrogen-bond donors (Lipinski definition) is 0. The zero-order chi connectivity index (χ0) is 16.0. The maximum atomic E-state index is 11.0. The van der Waals surface area contributed by atoms with Gasteiger partial charge in [-0.25, -0.2) is 0 Å². The largest absolute Gasteiger partial charge is 0.496 e. The van der Waals surface area contributed by atoms with Gasteiger partial charge in [-0.3, -0.25) is 4.18 Å². The summed E-state index contributed by atoms with van der Waals surface area (Å²) in [7, 11) is -1.84. The summed E-state index contributed by atoms with van der Waals surface area (Å²) < 4.78 is 37.8. The molecule has 5 nitrogen and oxygen atoms in total. The molecule has 0 aliphatic rings. The van der Waals surface area contributed by atoms with Crippen LogP contribution in [0.15, 0.2) is 48.5 Å². The Morgan fingerprint density at radius 3 is 2.50 bits per heavy atom. The van der Waals surface area contributed by atoms with Gasteiger partial charge in [0, 0.05) is 5.56 Å². The van der Waals surface area contributed by atoms with Crippen molar-refractivity contribution in [2.45, 2.75) is 13.2 Å². The van der Waals surface area contributed by atoms with Crippen LogP contribution in [0.3, 0.4) is 0 Å². The molecule has 0 N–H and O–H groups in total. The Bertz CT molecular complexity index is 725. The molecule has 0 amide bonds. The van der Waals surface area contributed by atoms with Gasteiger partial charge in [0.25, 0.3) is 10.1 Å². The summed E-state index contributed by atoms with van der Waals surface area (Å²) in [4.78, 5) is 0. The SMILES string of the molecule is COc1ccccc1COc1cccc(COS(C)(=O)=O)c1. The number of ether oxygens (including phenoxy) is 2. The van der Waals surface area contributed by atoms with Gasteiger partial charge in [0.1, 0.15) is 18.1 Å². The molecule has 2 rings (SSSR count). The quantitative estimate of drug-likeness (QED) is 0.734. The van der Waals surface area contributed by atoms with Crippen LogP contribution in [0.2, 0.25) is 0 Å². The molecule has 0 aliphatic heterocycles. The Hall–Kier alpha value is -2.05. The van der Waals surface area contributed by atoms with Crippen molar-refractivity contribution >= 4 is 10.1 Å². The minimum Gasteiger partial charge on any atom is -0.496 e. The molecule has 0 atom stereocenters. The minimum atomic E-state index is -3.46. The van der Waals surface area contributed by atoms with Crippen molar-refractivity contribution in [1.29, 1.82) is 0 Å². The third-order valence-electron chi connectivity index (χ3n) is 2.92. The smallest absolute Gasteiger partial charge is 0.264 e. The summed E-state index contributed by atoms with van der Waals surface area (Å²) >= 11 is 0. The zero-order valence-electron chi connectivity index (χ0n) is 12.5. The molecule has 22 heavy (non-hydrogen) atoms. The third-order valence-corrected chi connectivity index (χ3v) is 3.47. The summed E-state index contributed by atoms with van der Waals surface area (Å²) in [5.41, 5.74) is 1.66. The van der Waals surface area contributed by atoms with Crippen molar-refractivity contribution in [2.24, 2.45) is 0 Å². The fraction of sp³-hybridized carbons (Fsp3) is 0.250. The average molecular weight is 322 g/mol. The van der Waals surface area contributed by atoms with E-state index in [-0.39, 0.29) is 6.61 Å². The lowest BCUT2D eigenvalue weighted by molar-refractivity contribution is 0.292. The summed E-state index contributed by atoms with van der Waals surface area (Å²) in [5.74, 6) is 1.40. The van der Waals surface area contributed by atoms with Crippen LogP contribution in [-0.2, 0) is 27.5 Å². The molecule has 0 unspecified atom stereocenters. The summed E-state index contributed by atoms with van der Waals surface area (Å²) in [6.07, 6.45) is 1.02. The number of benzene rings is 2. The van der Waals surface area contributed by atoms with Crippen LogP contribution in [0, 0.1) is 0 Å². The Labute approximate surface area is 130 Å². The Balaban J connectivity index is 2.01. The van der Waals surface area contributed by atoms with Crippen LogP contribution in [0.1, 0.15) is 11.1 Å². The number of hydrogen-bond acceptors (Lipinski definition) is 5. The van der Waals surface area contributed by atoms with Crippen molar-refractivity contribution in [3.8, 4) is 11.5 Å². The molecule has 0 spiro atoms. The lowest BCUT2D eigenvalue weighted by Gasteiger charge is -2.11. The van der Waals surface area contributed by atoms with Crippen LogP contribution in [0.5, 0.6) is 11.5 Å². The molecule has 2 aromatic carbocycles. The van der Waals surface area contributed by atoms with Gasteiger partial charge < -0.3 is 9.47 Å². The highest BCUT2D eigenvalue weighted by molar-refractivity contribution is 7.85. The van der Waals surface area contributed by atoms with Crippen molar-refractivity contribution in [3.05, 3.63) is 59.7 Å². The Morgan fingerprint density at radius 1 is 1.00 bits per heavy atom. The van der Waals surface area contributed by atoms with Gasteiger partial charge in [-0.05, 0) is 23.8 Å². The maximum absolute atomic E-state index is 11.0. The van der Waals surface area contributed by atoms with Crippen LogP contribution >= 0.6 is 0 Å². The standard InChI is InChI=1S/C16H18O5S/c1-19-16-9-4-3-7-14(16)12-20-15-8-5-6-13(10-15)11-21-22(2,17)18/h3-10H,11-12H2,1-2H3. The van der Waals surface area contributed by atoms with Gasteiger partial charge in [0.15, 0.2) is 0 Å². The van der Waals surface area contributed by atoms with E-state index in [1.54, 1.807) is 31.4 Å². The first-order valence-corrected chi connectivity index (χ1v) is 8.47. The minimum absolute atomic E-state index is 0.00923. The van der Waals surface area contributed by atoms with Crippen molar-refractivity contribution in [2.75, 3.05) is 13.4 Å². The highest BCUT2D eigenvalue weighted by Gasteiger charge is 2.05. The van der Waals surface area contributed by atoms with Gasteiger partial charge >= 0.3 is 0 Å². The highest BCUT2D eigenvalue weighted by atomic mass is 32.2. The van der Waals surface area contributed by atoms with E-state index < -0.39 is 10.1 Å². The molecule has 0 saturated heterocycles. The number of rotatable bonds is 7. The predicted octanol–water partition coefficient (Wildman–Crippen LogP) is 2.75. The van der Waals surface area contributed by atoms with E-state index in [0.29, 0.717) is 12.4 Å². The van der Waals surface area contributed by atoms with Gasteiger partial charge in [0.05, 0.1) is 20.0 Å².